The van der Waals surface area contributed by atoms with Gasteiger partial charge in [0.1, 0.15) is 5.82 Å². The van der Waals surface area contributed by atoms with E-state index >= 15 is 0 Å². The van der Waals surface area contributed by atoms with Crippen molar-refractivity contribution in [1.29, 1.82) is 0 Å². The SMILES string of the molecule is CC(C)(O)Cc1ccc(Br)cc1F. The molecule has 0 atom stereocenters. The van der Waals surface area contributed by atoms with Crippen molar-refractivity contribution in [3.05, 3.63) is 34.1 Å². The van der Waals surface area contributed by atoms with Crippen LogP contribution in [-0.2, 0) is 6.42 Å². The van der Waals surface area contributed by atoms with E-state index in [0.29, 0.717) is 16.5 Å². The molecule has 0 fully saturated rings. The second-order valence-corrected chi connectivity index (χ2v) is 4.64. The Balaban J connectivity index is 2.90. The lowest BCUT2D eigenvalue weighted by Gasteiger charge is -2.17. The molecule has 3 heteroatoms. The minimum absolute atomic E-state index is 0.281. The third-order valence-corrected chi connectivity index (χ3v) is 2.13. The molecule has 1 N–H and O–H groups in total. The van der Waals surface area contributed by atoms with Crippen LogP contribution in [0.2, 0.25) is 0 Å². The summed E-state index contributed by atoms with van der Waals surface area (Å²) in [6.45, 7) is 3.32. The molecule has 0 saturated carbocycles. The van der Waals surface area contributed by atoms with Crippen LogP contribution in [0.5, 0.6) is 0 Å². The highest BCUT2D eigenvalue weighted by molar-refractivity contribution is 9.10. The average Bonchev–Trinajstić information content (AvgIpc) is 1.93. The van der Waals surface area contributed by atoms with Crippen LogP contribution in [0.3, 0.4) is 0 Å². The maximum Gasteiger partial charge on any atom is 0.127 e. The summed E-state index contributed by atoms with van der Waals surface area (Å²) in [7, 11) is 0. The van der Waals surface area contributed by atoms with Gasteiger partial charge in [0.05, 0.1) is 5.60 Å². The van der Waals surface area contributed by atoms with Crippen molar-refractivity contribution in [3.8, 4) is 0 Å². The lowest BCUT2D eigenvalue weighted by molar-refractivity contribution is 0.0800. The summed E-state index contributed by atoms with van der Waals surface area (Å²) < 4.78 is 14.0. The average molecular weight is 247 g/mol. The van der Waals surface area contributed by atoms with Gasteiger partial charge in [0, 0.05) is 10.9 Å². The largest absolute Gasteiger partial charge is 0.390 e. The standard InChI is InChI=1S/C10H12BrFO/c1-10(2,13)6-7-3-4-8(11)5-9(7)12/h3-5,13H,6H2,1-2H3. The molecule has 0 aliphatic carbocycles. The molecule has 1 nitrogen and oxygen atoms in total. The fourth-order valence-electron chi connectivity index (χ4n) is 1.13. The van der Waals surface area contributed by atoms with Gasteiger partial charge in [-0.3, -0.25) is 0 Å². The topological polar surface area (TPSA) is 20.2 Å². The van der Waals surface area contributed by atoms with Gasteiger partial charge in [-0.2, -0.15) is 0 Å². The lowest BCUT2D eigenvalue weighted by atomic mass is 9.98. The Morgan fingerprint density at radius 1 is 1.46 bits per heavy atom. The zero-order valence-corrected chi connectivity index (χ0v) is 9.23. The minimum Gasteiger partial charge on any atom is -0.390 e. The van der Waals surface area contributed by atoms with Crippen molar-refractivity contribution >= 4 is 15.9 Å². The highest BCUT2D eigenvalue weighted by Gasteiger charge is 2.15. The zero-order valence-electron chi connectivity index (χ0n) is 7.64. The van der Waals surface area contributed by atoms with Crippen molar-refractivity contribution in [2.45, 2.75) is 25.9 Å². The summed E-state index contributed by atoms with van der Waals surface area (Å²) >= 11 is 3.17. The molecule has 0 saturated heterocycles. The number of hydrogen-bond donors (Lipinski definition) is 1. The van der Waals surface area contributed by atoms with Crippen LogP contribution in [0.1, 0.15) is 19.4 Å². The van der Waals surface area contributed by atoms with Gasteiger partial charge in [0.15, 0.2) is 0 Å². The first-order valence-electron chi connectivity index (χ1n) is 4.05. The van der Waals surface area contributed by atoms with Crippen LogP contribution >= 0.6 is 15.9 Å². The number of aliphatic hydroxyl groups is 1. The molecule has 0 heterocycles. The van der Waals surface area contributed by atoms with E-state index < -0.39 is 5.60 Å². The predicted molar refractivity (Wildman–Crippen MR) is 54.1 cm³/mol. The van der Waals surface area contributed by atoms with Crippen LogP contribution in [0, 0.1) is 5.82 Å². The van der Waals surface area contributed by atoms with Crippen LogP contribution < -0.4 is 0 Å². The van der Waals surface area contributed by atoms with E-state index in [-0.39, 0.29) is 5.82 Å². The zero-order chi connectivity index (χ0) is 10.1. The molecule has 0 spiro atoms. The Bertz CT molecular complexity index is 304. The third-order valence-electron chi connectivity index (χ3n) is 1.64. The van der Waals surface area contributed by atoms with Crippen LogP contribution in [0.15, 0.2) is 22.7 Å². The fourth-order valence-corrected chi connectivity index (χ4v) is 1.46. The first-order chi connectivity index (χ1) is 5.88. The normalized spacial score (nSPS) is 11.8. The van der Waals surface area contributed by atoms with E-state index in [1.54, 1.807) is 26.0 Å². The van der Waals surface area contributed by atoms with E-state index in [9.17, 15) is 9.50 Å². The van der Waals surface area contributed by atoms with E-state index in [1.807, 2.05) is 0 Å². The second kappa shape index (κ2) is 3.76. The first-order valence-corrected chi connectivity index (χ1v) is 4.84. The molecule has 0 aliphatic heterocycles. The Morgan fingerprint density at radius 2 is 2.08 bits per heavy atom. The molecule has 0 amide bonds. The number of benzene rings is 1. The highest BCUT2D eigenvalue weighted by Crippen LogP contribution is 2.19. The molecule has 1 aromatic carbocycles. The van der Waals surface area contributed by atoms with Crippen molar-refractivity contribution in [2.24, 2.45) is 0 Å². The van der Waals surface area contributed by atoms with Crippen LogP contribution in [-0.4, -0.2) is 10.7 Å². The summed E-state index contributed by atoms with van der Waals surface area (Å²) in [5.74, 6) is -0.281. The summed E-state index contributed by atoms with van der Waals surface area (Å²) in [6.07, 6.45) is 0.326. The first kappa shape index (κ1) is 10.7. The summed E-state index contributed by atoms with van der Waals surface area (Å²) in [6, 6.07) is 4.85. The Kier molecular flexibility index (Phi) is 3.09. The molecule has 1 rings (SSSR count). The van der Waals surface area contributed by atoms with E-state index in [0.717, 1.165) is 0 Å². The quantitative estimate of drug-likeness (QED) is 0.851. The van der Waals surface area contributed by atoms with Crippen molar-refractivity contribution in [1.82, 2.24) is 0 Å². The minimum atomic E-state index is -0.866. The summed E-state index contributed by atoms with van der Waals surface area (Å²) in [5.41, 5.74) is -0.329. The van der Waals surface area contributed by atoms with Gasteiger partial charge < -0.3 is 5.11 Å². The van der Waals surface area contributed by atoms with Crippen molar-refractivity contribution in [2.75, 3.05) is 0 Å². The van der Waals surface area contributed by atoms with Gasteiger partial charge >= 0.3 is 0 Å². The molecule has 0 radical (unpaired) electrons. The maximum absolute atomic E-state index is 13.2. The molecule has 0 unspecified atom stereocenters. The number of hydrogen-bond acceptors (Lipinski definition) is 1. The molecule has 0 bridgehead atoms. The van der Waals surface area contributed by atoms with E-state index in [2.05, 4.69) is 15.9 Å². The molecule has 0 aliphatic rings. The smallest absolute Gasteiger partial charge is 0.127 e. The Hall–Kier alpha value is -0.410. The Morgan fingerprint density at radius 3 is 2.54 bits per heavy atom. The third kappa shape index (κ3) is 3.44. The highest BCUT2D eigenvalue weighted by atomic mass is 79.9. The molecular weight excluding hydrogens is 235 g/mol. The Labute approximate surface area is 85.7 Å². The molecule has 13 heavy (non-hydrogen) atoms. The molecule has 0 aromatic heterocycles. The van der Waals surface area contributed by atoms with E-state index in [4.69, 9.17) is 0 Å². The molecule has 1 aromatic rings. The van der Waals surface area contributed by atoms with Gasteiger partial charge in [0.25, 0.3) is 0 Å². The van der Waals surface area contributed by atoms with Crippen LogP contribution in [0.4, 0.5) is 4.39 Å². The van der Waals surface area contributed by atoms with Crippen LogP contribution in [0.25, 0.3) is 0 Å². The summed E-state index contributed by atoms with van der Waals surface area (Å²) in [5, 5.41) is 9.49. The van der Waals surface area contributed by atoms with E-state index in [1.165, 1.54) is 6.07 Å². The predicted octanol–water partition coefficient (Wildman–Crippen LogP) is 2.90. The maximum atomic E-state index is 13.2. The summed E-state index contributed by atoms with van der Waals surface area (Å²) in [4.78, 5) is 0. The lowest BCUT2D eigenvalue weighted by Crippen LogP contribution is -2.22. The molecular formula is C10H12BrFO. The van der Waals surface area contributed by atoms with Crippen molar-refractivity contribution in [3.63, 3.8) is 0 Å². The fraction of sp³-hybridized carbons (Fsp3) is 0.400. The van der Waals surface area contributed by atoms with Gasteiger partial charge in [-0.25, -0.2) is 4.39 Å². The number of rotatable bonds is 2. The monoisotopic (exact) mass is 246 g/mol. The van der Waals surface area contributed by atoms with Crippen molar-refractivity contribution < 1.29 is 9.50 Å². The second-order valence-electron chi connectivity index (χ2n) is 3.72. The van der Waals surface area contributed by atoms with Gasteiger partial charge in [-0.05, 0) is 31.5 Å². The van der Waals surface area contributed by atoms with Gasteiger partial charge in [-0.1, -0.05) is 22.0 Å². The number of halogens is 2. The van der Waals surface area contributed by atoms with Gasteiger partial charge in [-0.15, -0.1) is 0 Å². The molecule has 72 valence electrons. The van der Waals surface area contributed by atoms with Gasteiger partial charge in [0.2, 0.25) is 0 Å².